The fraction of sp³-hybridized carbons (Fsp3) is 0.769. The molecule has 1 N–H and O–H groups in total. The third-order valence-electron chi connectivity index (χ3n) is 4.67. The van der Waals surface area contributed by atoms with Crippen LogP contribution >= 0.6 is 0 Å². The van der Waals surface area contributed by atoms with Crippen molar-refractivity contribution in [2.75, 3.05) is 0 Å². The molecule has 1 aliphatic carbocycles. The maximum absolute atomic E-state index is 12.5. The quantitative estimate of drug-likeness (QED) is 0.776. The summed E-state index contributed by atoms with van der Waals surface area (Å²) in [5.41, 5.74) is -1.39. The summed E-state index contributed by atoms with van der Waals surface area (Å²) in [5, 5.41) is 2.35. The fourth-order valence-corrected chi connectivity index (χ4v) is 2.90. The standard InChI is InChI=1S/C13H20N2O3/c1-4-12(5-2,6-3)15-10(17)13(7-8-13)9(16)14-11(15)18/h4-8H2,1-3H3,(H,14,16,18). The molecule has 0 radical (unpaired) electrons. The van der Waals surface area contributed by atoms with Gasteiger partial charge in [-0.25, -0.2) is 4.79 Å². The van der Waals surface area contributed by atoms with E-state index >= 15 is 0 Å². The number of hydrogen-bond donors (Lipinski definition) is 1. The third kappa shape index (κ3) is 1.49. The number of hydrogen-bond acceptors (Lipinski definition) is 3. The van der Waals surface area contributed by atoms with Crippen LogP contribution < -0.4 is 5.32 Å². The first-order valence-electron chi connectivity index (χ1n) is 6.67. The zero-order valence-corrected chi connectivity index (χ0v) is 11.2. The molecule has 1 spiro atoms. The lowest BCUT2D eigenvalue weighted by Crippen LogP contribution is -2.66. The molecule has 100 valence electrons. The number of carbonyl (C=O) groups is 3. The zero-order valence-electron chi connectivity index (χ0n) is 11.2. The second-order valence-corrected chi connectivity index (χ2v) is 5.27. The van der Waals surface area contributed by atoms with Crippen molar-refractivity contribution in [3.8, 4) is 0 Å². The number of imide groups is 2. The van der Waals surface area contributed by atoms with Crippen LogP contribution in [0.15, 0.2) is 0 Å². The van der Waals surface area contributed by atoms with Crippen LogP contribution in [-0.2, 0) is 9.59 Å². The number of amides is 4. The number of rotatable bonds is 4. The normalized spacial score (nSPS) is 22.4. The van der Waals surface area contributed by atoms with Crippen LogP contribution in [0.3, 0.4) is 0 Å². The minimum absolute atomic E-state index is 0.290. The summed E-state index contributed by atoms with van der Waals surface area (Å²) in [4.78, 5) is 37.6. The Hall–Kier alpha value is -1.39. The van der Waals surface area contributed by atoms with Crippen molar-refractivity contribution < 1.29 is 14.4 Å². The number of nitrogens with zero attached hydrogens (tertiary/aromatic N) is 1. The molecule has 18 heavy (non-hydrogen) atoms. The van der Waals surface area contributed by atoms with Gasteiger partial charge in [-0.1, -0.05) is 20.8 Å². The largest absolute Gasteiger partial charge is 0.331 e. The van der Waals surface area contributed by atoms with Crippen molar-refractivity contribution in [3.63, 3.8) is 0 Å². The number of carbonyl (C=O) groups excluding carboxylic acids is 3. The van der Waals surface area contributed by atoms with Gasteiger partial charge in [0, 0.05) is 0 Å². The predicted octanol–water partition coefficient (Wildman–Crippen LogP) is 1.81. The van der Waals surface area contributed by atoms with Gasteiger partial charge in [-0.2, -0.15) is 0 Å². The molecule has 0 bridgehead atoms. The van der Waals surface area contributed by atoms with Crippen molar-refractivity contribution >= 4 is 17.8 Å². The first kappa shape index (κ1) is 13.1. The van der Waals surface area contributed by atoms with Gasteiger partial charge in [-0.3, -0.25) is 19.8 Å². The van der Waals surface area contributed by atoms with Gasteiger partial charge >= 0.3 is 6.03 Å². The van der Waals surface area contributed by atoms with E-state index in [1.165, 1.54) is 4.90 Å². The Morgan fingerprint density at radius 1 is 1.11 bits per heavy atom. The summed E-state index contributed by atoms with van der Waals surface area (Å²) in [7, 11) is 0. The monoisotopic (exact) mass is 252 g/mol. The van der Waals surface area contributed by atoms with E-state index in [1.54, 1.807) is 0 Å². The molecule has 1 aliphatic heterocycles. The Kier molecular flexibility index (Phi) is 2.95. The molecule has 1 heterocycles. The summed E-state index contributed by atoms with van der Waals surface area (Å²) in [6, 6.07) is -0.548. The van der Waals surface area contributed by atoms with E-state index in [9.17, 15) is 14.4 Å². The van der Waals surface area contributed by atoms with Gasteiger partial charge in [-0.15, -0.1) is 0 Å². The highest BCUT2D eigenvalue weighted by molar-refractivity contribution is 6.21. The van der Waals surface area contributed by atoms with Crippen LogP contribution in [0.2, 0.25) is 0 Å². The molecule has 1 saturated carbocycles. The predicted molar refractivity (Wildman–Crippen MR) is 65.7 cm³/mol. The van der Waals surface area contributed by atoms with Gasteiger partial charge in [0.15, 0.2) is 0 Å². The van der Waals surface area contributed by atoms with E-state index in [0.29, 0.717) is 32.1 Å². The van der Waals surface area contributed by atoms with Gasteiger partial charge < -0.3 is 0 Å². The second kappa shape index (κ2) is 4.07. The number of barbiturate groups is 1. The van der Waals surface area contributed by atoms with Crippen LogP contribution in [0.25, 0.3) is 0 Å². The van der Waals surface area contributed by atoms with Crippen LogP contribution in [0, 0.1) is 5.41 Å². The van der Waals surface area contributed by atoms with Gasteiger partial charge in [-0.05, 0) is 32.1 Å². The summed E-state index contributed by atoms with van der Waals surface area (Å²) >= 11 is 0. The lowest BCUT2D eigenvalue weighted by atomic mass is 9.85. The first-order valence-corrected chi connectivity index (χ1v) is 6.67. The third-order valence-corrected chi connectivity index (χ3v) is 4.67. The van der Waals surface area contributed by atoms with Gasteiger partial charge in [0.25, 0.3) is 0 Å². The molecule has 1 saturated heterocycles. The molecule has 2 aliphatic rings. The van der Waals surface area contributed by atoms with Crippen LogP contribution in [0.1, 0.15) is 52.9 Å². The molecule has 2 fully saturated rings. The van der Waals surface area contributed by atoms with E-state index in [1.807, 2.05) is 20.8 Å². The molecule has 5 heteroatoms. The van der Waals surface area contributed by atoms with E-state index in [2.05, 4.69) is 5.32 Å². The maximum atomic E-state index is 12.5. The molecule has 5 nitrogen and oxygen atoms in total. The van der Waals surface area contributed by atoms with Crippen molar-refractivity contribution in [3.05, 3.63) is 0 Å². The van der Waals surface area contributed by atoms with E-state index in [-0.39, 0.29) is 5.91 Å². The van der Waals surface area contributed by atoms with Crippen molar-refractivity contribution in [1.82, 2.24) is 10.2 Å². The number of urea groups is 1. The van der Waals surface area contributed by atoms with Crippen LogP contribution in [-0.4, -0.2) is 28.3 Å². The molecule has 0 atom stereocenters. The van der Waals surface area contributed by atoms with Crippen LogP contribution in [0.5, 0.6) is 0 Å². The van der Waals surface area contributed by atoms with Crippen LogP contribution in [0.4, 0.5) is 4.79 Å². The fourth-order valence-electron chi connectivity index (χ4n) is 2.90. The summed E-state index contributed by atoms with van der Waals surface area (Å²) < 4.78 is 0. The van der Waals surface area contributed by atoms with E-state index < -0.39 is 22.9 Å². The minimum atomic E-state index is -0.932. The highest BCUT2D eigenvalue weighted by Crippen LogP contribution is 2.50. The highest BCUT2D eigenvalue weighted by atomic mass is 16.2. The summed E-state index contributed by atoms with van der Waals surface area (Å²) in [5.74, 6) is -0.701. The molecule has 0 aromatic rings. The van der Waals surface area contributed by atoms with Crippen molar-refractivity contribution in [2.24, 2.45) is 5.41 Å². The van der Waals surface area contributed by atoms with E-state index in [4.69, 9.17) is 0 Å². The zero-order chi connectivity index (χ0) is 13.6. The van der Waals surface area contributed by atoms with Crippen molar-refractivity contribution in [2.45, 2.75) is 58.4 Å². The maximum Gasteiger partial charge on any atom is 0.331 e. The highest BCUT2D eigenvalue weighted by Gasteiger charge is 2.64. The average Bonchev–Trinajstić information content (AvgIpc) is 3.15. The Morgan fingerprint density at radius 3 is 2.00 bits per heavy atom. The van der Waals surface area contributed by atoms with Gasteiger partial charge in [0.1, 0.15) is 5.41 Å². The van der Waals surface area contributed by atoms with E-state index in [0.717, 1.165) is 0 Å². The Bertz CT molecular complexity index is 400. The second-order valence-electron chi connectivity index (χ2n) is 5.27. The molecule has 4 amide bonds. The number of nitrogens with one attached hydrogen (secondary N) is 1. The molecule has 2 rings (SSSR count). The Morgan fingerprint density at radius 2 is 1.61 bits per heavy atom. The summed E-state index contributed by atoms with van der Waals surface area (Å²) in [6.07, 6.45) is 3.26. The molecular formula is C13H20N2O3. The first-order chi connectivity index (χ1) is 8.47. The van der Waals surface area contributed by atoms with Crippen molar-refractivity contribution in [1.29, 1.82) is 0 Å². The average molecular weight is 252 g/mol. The van der Waals surface area contributed by atoms with Gasteiger partial charge in [0.2, 0.25) is 11.8 Å². The lowest BCUT2D eigenvalue weighted by Gasteiger charge is -2.44. The molecule has 0 aromatic carbocycles. The Balaban J connectivity index is 2.40. The molecule has 0 aromatic heterocycles. The topological polar surface area (TPSA) is 66.5 Å². The lowest BCUT2D eigenvalue weighted by molar-refractivity contribution is -0.149. The molecule has 0 unspecified atom stereocenters. The Labute approximate surface area is 107 Å². The smallest absolute Gasteiger partial charge is 0.277 e. The minimum Gasteiger partial charge on any atom is -0.277 e. The molecular weight excluding hydrogens is 232 g/mol. The summed E-state index contributed by atoms with van der Waals surface area (Å²) in [6.45, 7) is 5.93. The van der Waals surface area contributed by atoms with Gasteiger partial charge in [0.05, 0.1) is 5.54 Å². The SMILES string of the molecule is CCC(CC)(CC)N1C(=O)NC(=O)C2(CC2)C1=O.